The van der Waals surface area contributed by atoms with Crippen LogP contribution in [0.4, 0.5) is 4.79 Å². The molecule has 0 saturated heterocycles. The summed E-state index contributed by atoms with van der Waals surface area (Å²) >= 11 is 5.97. The monoisotopic (exact) mass is 400 g/mol. The van der Waals surface area contributed by atoms with E-state index < -0.39 is 6.10 Å². The van der Waals surface area contributed by atoms with Gasteiger partial charge < -0.3 is 31.1 Å². The number of carbonyl (C=O) groups is 2. The first-order valence-corrected chi connectivity index (χ1v) is 9.33. The van der Waals surface area contributed by atoms with Gasteiger partial charge in [-0.2, -0.15) is 0 Å². The van der Waals surface area contributed by atoms with Crippen LogP contribution in [-0.2, 0) is 4.79 Å². The molecule has 1 rings (SSSR count). The standard InChI is InChI=1S/C18H29ClN4O4/c1-13(2)17(25)21-9-10-23-18(26)22-8-7-20-11-14(24)12-27-16-6-4-3-5-15(16)19/h3-6,13-14,20,24H,7-12H2,1-2H3,(H,21,25)(H2,22,23,26). The van der Waals surface area contributed by atoms with Crippen LogP contribution in [0.3, 0.4) is 0 Å². The van der Waals surface area contributed by atoms with Gasteiger partial charge in [0.15, 0.2) is 0 Å². The Hall–Kier alpha value is -2.03. The van der Waals surface area contributed by atoms with E-state index in [2.05, 4.69) is 21.3 Å². The number of halogens is 1. The molecule has 0 bridgehead atoms. The predicted octanol–water partition coefficient (Wildman–Crippen LogP) is 0.741. The second-order valence-electron chi connectivity index (χ2n) is 6.23. The van der Waals surface area contributed by atoms with E-state index in [4.69, 9.17) is 16.3 Å². The number of benzene rings is 1. The van der Waals surface area contributed by atoms with Crippen molar-refractivity contribution in [3.8, 4) is 5.75 Å². The number of hydrogen-bond donors (Lipinski definition) is 5. The number of urea groups is 1. The van der Waals surface area contributed by atoms with Crippen LogP contribution in [0.2, 0.25) is 5.02 Å². The Labute approximate surface area is 165 Å². The zero-order chi connectivity index (χ0) is 20.1. The van der Waals surface area contributed by atoms with Gasteiger partial charge in [-0.25, -0.2) is 4.79 Å². The van der Waals surface area contributed by atoms with Crippen LogP contribution in [0.15, 0.2) is 24.3 Å². The number of amides is 3. The van der Waals surface area contributed by atoms with Gasteiger partial charge in [0.2, 0.25) is 5.91 Å². The first kappa shape index (κ1) is 23.0. The summed E-state index contributed by atoms with van der Waals surface area (Å²) < 4.78 is 5.45. The van der Waals surface area contributed by atoms with Gasteiger partial charge in [-0.3, -0.25) is 4.79 Å². The van der Waals surface area contributed by atoms with E-state index in [1.54, 1.807) is 24.3 Å². The minimum Gasteiger partial charge on any atom is -0.489 e. The van der Waals surface area contributed by atoms with Crippen molar-refractivity contribution < 1.29 is 19.4 Å². The Morgan fingerprint density at radius 1 is 1.07 bits per heavy atom. The molecular weight excluding hydrogens is 372 g/mol. The smallest absolute Gasteiger partial charge is 0.314 e. The largest absolute Gasteiger partial charge is 0.489 e. The molecule has 0 aliphatic rings. The molecule has 0 aromatic heterocycles. The van der Waals surface area contributed by atoms with Gasteiger partial charge in [0.1, 0.15) is 18.5 Å². The van der Waals surface area contributed by atoms with Crippen molar-refractivity contribution in [2.45, 2.75) is 20.0 Å². The molecule has 1 unspecified atom stereocenters. The summed E-state index contributed by atoms with van der Waals surface area (Å²) in [5, 5.41) is 21.4. The Kier molecular flexibility index (Phi) is 11.2. The average Bonchev–Trinajstić information content (AvgIpc) is 2.64. The lowest BCUT2D eigenvalue weighted by molar-refractivity contribution is -0.123. The van der Waals surface area contributed by atoms with E-state index in [0.717, 1.165) is 0 Å². The molecule has 0 fully saturated rings. The summed E-state index contributed by atoms with van der Waals surface area (Å²) in [5.74, 6) is 0.412. The van der Waals surface area contributed by atoms with E-state index in [9.17, 15) is 14.7 Å². The molecular formula is C18H29ClN4O4. The molecule has 1 atom stereocenters. The van der Waals surface area contributed by atoms with Gasteiger partial charge in [-0.05, 0) is 12.1 Å². The molecule has 3 amide bonds. The molecule has 0 heterocycles. The molecule has 0 radical (unpaired) electrons. The van der Waals surface area contributed by atoms with Gasteiger partial charge in [0.05, 0.1) is 5.02 Å². The highest BCUT2D eigenvalue weighted by molar-refractivity contribution is 6.32. The van der Waals surface area contributed by atoms with Crippen molar-refractivity contribution in [1.82, 2.24) is 21.3 Å². The lowest BCUT2D eigenvalue weighted by Gasteiger charge is -2.14. The number of carbonyl (C=O) groups excluding carboxylic acids is 2. The summed E-state index contributed by atoms with van der Waals surface area (Å²) in [5.41, 5.74) is 0. The van der Waals surface area contributed by atoms with Crippen LogP contribution >= 0.6 is 11.6 Å². The minimum atomic E-state index is -0.695. The van der Waals surface area contributed by atoms with E-state index in [-0.39, 0.29) is 24.5 Å². The predicted molar refractivity (Wildman–Crippen MR) is 105 cm³/mol. The number of hydrogen-bond acceptors (Lipinski definition) is 5. The fraction of sp³-hybridized carbons (Fsp3) is 0.556. The molecule has 152 valence electrons. The maximum atomic E-state index is 11.6. The third-order valence-corrected chi connectivity index (χ3v) is 3.78. The van der Waals surface area contributed by atoms with Crippen LogP contribution in [0.5, 0.6) is 5.75 Å². The number of aliphatic hydroxyl groups excluding tert-OH is 1. The lowest BCUT2D eigenvalue weighted by atomic mass is 10.2. The number of para-hydroxylation sites is 1. The van der Waals surface area contributed by atoms with Gasteiger partial charge in [-0.1, -0.05) is 37.6 Å². The lowest BCUT2D eigenvalue weighted by Crippen LogP contribution is -2.43. The maximum absolute atomic E-state index is 11.6. The van der Waals surface area contributed by atoms with Crippen LogP contribution in [0.25, 0.3) is 0 Å². The molecule has 1 aromatic rings. The second-order valence-corrected chi connectivity index (χ2v) is 6.63. The first-order chi connectivity index (χ1) is 12.9. The SMILES string of the molecule is CC(C)C(=O)NCCNC(=O)NCCNCC(O)COc1ccccc1Cl. The highest BCUT2D eigenvalue weighted by Gasteiger charge is 2.07. The maximum Gasteiger partial charge on any atom is 0.314 e. The van der Waals surface area contributed by atoms with Crippen LogP contribution in [-0.4, -0.2) is 62.5 Å². The van der Waals surface area contributed by atoms with Crippen LogP contribution in [0.1, 0.15) is 13.8 Å². The van der Waals surface area contributed by atoms with E-state index in [1.165, 1.54) is 0 Å². The zero-order valence-electron chi connectivity index (χ0n) is 15.8. The Balaban J connectivity index is 2.00. The topological polar surface area (TPSA) is 112 Å². The second kappa shape index (κ2) is 13.2. The Morgan fingerprint density at radius 3 is 2.37 bits per heavy atom. The van der Waals surface area contributed by atoms with Crippen molar-refractivity contribution in [1.29, 1.82) is 0 Å². The molecule has 27 heavy (non-hydrogen) atoms. The molecule has 1 aromatic carbocycles. The fourth-order valence-electron chi connectivity index (χ4n) is 1.97. The zero-order valence-corrected chi connectivity index (χ0v) is 16.5. The van der Waals surface area contributed by atoms with Crippen molar-refractivity contribution in [3.63, 3.8) is 0 Å². The quantitative estimate of drug-likeness (QED) is 0.332. The van der Waals surface area contributed by atoms with Crippen LogP contribution in [0, 0.1) is 5.92 Å². The molecule has 0 aliphatic heterocycles. The summed E-state index contributed by atoms with van der Waals surface area (Å²) in [6.07, 6.45) is -0.695. The minimum absolute atomic E-state index is 0.0431. The van der Waals surface area contributed by atoms with Crippen molar-refractivity contribution in [3.05, 3.63) is 29.3 Å². The van der Waals surface area contributed by atoms with Gasteiger partial charge in [0.25, 0.3) is 0 Å². The number of aliphatic hydroxyl groups is 1. The number of ether oxygens (including phenoxy) is 1. The summed E-state index contributed by atoms with van der Waals surface area (Å²) in [4.78, 5) is 22.9. The molecule has 0 aliphatic carbocycles. The van der Waals surface area contributed by atoms with Crippen molar-refractivity contribution in [2.24, 2.45) is 5.92 Å². The van der Waals surface area contributed by atoms with Crippen molar-refractivity contribution in [2.75, 3.05) is 39.3 Å². The third kappa shape index (κ3) is 10.6. The molecule has 0 saturated carbocycles. The summed E-state index contributed by atoms with van der Waals surface area (Å²) in [6, 6.07) is 6.76. The van der Waals surface area contributed by atoms with Crippen LogP contribution < -0.4 is 26.0 Å². The fourth-order valence-corrected chi connectivity index (χ4v) is 2.16. The molecule has 9 heteroatoms. The van der Waals surface area contributed by atoms with E-state index in [1.807, 2.05) is 13.8 Å². The Morgan fingerprint density at radius 2 is 1.70 bits per heavy atom. The highest BCUT2D eigenvalue weighted by atomic mass is 35.5. The average molecular weight is 401 g/mol. The van der Waals surface area contributed by atoms with E-state index >= 15 is 0 Å². The van der Waals surface area contributed by atoms with Gasteiger partial charge in [0, 0.05) is 38.6 Å². The van der Waals surface area contributed by atoms with Gasteiger partial charge in [-0.15, -0.1) is 0 Å². The summed E-state index contributed by atoms with van der Waals surface area (Å²) in [6.45, 7) is 5.71. The van der Waals surface area contributed by atoms with Crippen molar-refractivity contribution >= 4 is 23.5 Å². The first-order valence-electron chi connectivity index (χ1n) is 8.95. The normalized spacial score (nSPS) is 11.7. The number of nitrogens with one attached hydrogen (secondary N) is 4. The summed E-state index contributed by atoms with van der Waals surface area (Å²) in [7, 11) is 0. The molecule has 0 spiro atoms. The van der Waals surface area contributed by atoms with Gasteiger partial charge >= 0.3 is 6.03 Å². The molecule has 5 N–H and O–H groups in total. The van der Waals surface area contributed by atoms with E-state index in [0.29, 0.717) is 43.5 Å². The number of rotatable bonds is 12. The molecule has 8 nitrogen and oxygen atoms in total. The highest BCUT2D eigenvalue weighted by Crippen LogP contribution is 2.22. The Bertz CT molecular complexity index is 586. The third-order valence-electron chi connectivity index (χ3n) is 3.47.